The number of rotatable bonds is 14. The molecule has 4 amide bonds. The zero-order valence-electron chi connectivity index (χ0n) is 25.8. The molecule has 0 aliphatic carbocycles. The maximum Gasteiger partial charge on any atom is 0.407 e. The number of nitrogens with one attached hydrogen (secondary N) is 6. The lowest BCUT2D eigenvalue weighted by Crippen LogP contribution is -2.49. The maximum atomic E-state index is 12.6. The number of amides is 4. The smallest absolute Gasteiger partial charge is 0.407 e. The number of hydrogen-bond acceptors (Lipinski definition) is 10. The zero-order chi connectivity index (χ0) is 32.9. The molecule has 1 aromatic heterocycles. The Morgan fingerprint density at radius 3 is 2.37 bits per heavy atom. The number of nitrogens with zero attached hydrogens (tertiary/aromatic N) is 2. The van der Waals surface area contributed by atoms with Gasteiger partial charge in [-0.2, -0.15) is 0 Å². The van der Waals surface area contributed by atoms with Gasteiger partial charge in [0.15, 0.2) is 0 Å². The summed E-state index contributed by atoms with van der Waals surface area (Å²) in [5.74, 6) is 1.28. The molecule has 46 heavy (non-hydrogen) atoms. The van der Waals surface area contributed by atoms with E-state index >= 15 is 0 Å². The molecule has 0 saturated carbocycles. The van der Waals surface area contributed by atoms with E-state index in [9.17, 15) is 19.2 Å². The van der Waals surface area contributed by atoms with Crippen LogP contribution >= 0.6 is 0 Å². The number of aromatic amines is 1. The van der Waals surface area contributed by atoms with Crippen LogP contribution in [-0.2, 0) is 25.6 Å². The first-order valence-electron chi connectivity index (χ1n) is 14.6. The topological polar surface area (TPSA) is 188 Å². The third kappa shape index (κ3) is 9.64. The van der Waals surface area contributed by atoms with Gasteiger partial charge in [-0.15, -0.1) is 0 Å². The van der Waals surface area contributed by atoms with Gasteiger partial charge in [-0.3, -0.25) is 9.59 Å². The molecular weight excluding hydrogens is 596 g/mol. The van der Waals surface area contributed by atoms with Gasteiger partial charge in [-0.1, -0.05) is 19.1 Å². The Labute approximate surface area is 266 Å². The second-order valence-electron chi connectivity index (χ2n) is 10.1. The van der Waals surface area contributed by atoms with Crippen molar-refractivity contribution < 1.29 is 33.4 Å². The van der Waals surface area contributed by atoms with Crippen LogP contribution < -0.4 is 31.3 Å². The van der Waals surface area contributed by atoms with Crippen LogP contribution in [0, 0.1) is 0 Å². The molecule has 1 atom stereocenters. The minimum Gasteiger partial charge on any atom is -0.457 e. The maximum absolute atomic E-state index is 12.6. The number of alkyl carbamates (subject to hydrolysis) is 2. The normalized spacial score (nSPS) is 13.4. The zero-order valence-corrected chi connectivity index (χ0v) is 25.8. The van der Waals surface area contributed by atoms with Crippen LogP contribution in [-0.4, -0.2) is 85.4 Å². The van der Waals surface area contributed by atoms with Crippen molar-refractivity contribution in [2.24, 2.45) is 0 Å². The molecule has 4 rings (SSSR count). The summed E-state index contributed by atoms with van der Waals surface area (Å²) < 4.78 is 15.1. The Hall–Kier alpha value is -5.73. The minimum absolute atomic E-state index is 0.137. The van der Waals surface area contributed by atoms with Crippen molar-refractivity contribution in [2.75, 3.05) is 40.4 Å². The summed E-state index contributed by atoms with van der Waals surface area (Å²) in [6.07, 6.45) is 2.78. The molecular formula is C31H38N8O7. The molecule has 3 aromatic rings. The largest absolute Gasteiger partial charge is 0.457 e. The highest BCUT2D eigenvalue weighted by Gasteiger charge is 2.22. The fraction of sp³-hybridized carbons (Fsp3) is 0.323. The van der Waals surface area contributed by atoms with E-state index in [1.807, 2.05) is 61.7 Å². The number of ether oxygens (including phenoxy) is 3. The molecule has 2 aromatic carbocycles. The number of aromatic nitrogens is 2. The third-order valence-electron chi connectivity index (χ3n) is 6.78. The van der Waals surface area contributed by atoms with Gasteiger partial charge in [-0.05, 0) is 48.4 Å². The van der Waals surface area contributed by atoms with Crippen molar-refractivity contribution in [3.8, 4) is 22.8 Å². The molecule has 1 aliphatic heterocycles. The van der Waals surface area contributed by atoms with Crippen molar-refractivity contribution in [3.05, 3.63) is 72.3 Å². The number of H-pyrrole nitrogens is 1. The van der Waals surface area contributed by atoms with Crippen molar-refractivity contribution in [1.82, 2.24) is 41.5 Å². The van der Waals surface area contributed by atoms with Gasteiger partial charge in [0, 0.05) is 18.3 Å². The van der Waals surface area contributed by atoms with Crippen LogP contribution in [0.15, 0.2) is 60.9 Å². The average Bonchev–Trinajstić information content (AvgIpc) is 3.75. The van der Waals surface area contributed by atoms with Crippen LogP contribution in [0.5, 0.6) is 11.5 Å². The molecule has 0 radical (unpaired) electrons. The van der Waals surface area contributed by atoms with E-state index in [4.69, 9.17) is 4.74 Å². The van der Waals surface area contributed by atoms with Gasteiger partial charge in [0.05, 0.1) is 44.9 Å². The summed E-state index contributed by atoms with van der Waals surface area (Å²) in [5.41, 5.74) is 3.41. The van der Waals surface area contributed by atoms with E-state index < -0.39 is 12.2 Å². The lowest BCUT2D eigenvalue weighted by molar-refractivity contribution is -0.130. The summed E-state index contributed by atoms with van der Waals surface area (Å²) >= 11 is 0. The second kappa shape index (κ2) is 16.4. The monoisotopic (exact) mass is 634 g/mol. The number of methoxy groups -OCH3 is 2. The van der Waals surface area contributed by atoms with Crippen LogP contribution in [0.2, 0.25) is 0 Å². The third-order valence-corrected chi connectivity index (χ3v) is 6.78. The molecule has 15 nitrogen and oxygen atoms in total. The molecule has 2 heterocycles. The van der Waals surface area contributed by atoms with Crippen LogP contribution in [0.3, 0.4) is 0 Å². The summed E-state index contributed by atoms with van der Waals surface area (Å²) in [6, 6.07) is 15.1. The predicted molar refractivity (Wildman–Crippen MR) is 168 cm³/mol. The highest BCUT2D eigenvalue weighted by atomic mass is 16.5. The molecule has 0 spiro atoms. The first kappa shape index (κ1) is 33.2. The lowest BCUT2D eigenvalue weighted by atomic mass is 10.1. The van der Waals surface area contributed by atoms with Gasteiger partial charge >= 0.3 is 12.2 Å². The minimum atomic E-state index is -0.681. The van der Waals surface area contributed by atoms with E-state index in [1.165, 1.54) is 14.2 Å². The van der Waals surface area contributed by atoms with Gasteiger partial charge in [0.2, 0.25) is 11.8 Å². The summed E-state index contributed by atoms with van der Waals surface area (Å²) in [7, 11) is 2.48. The standard InChI is InChI=1S/C31H38N8O7/c1-4-12-39(29(41)18-36-31(43)45-3)19-27-33-15-25(38-27)21-6-5-7-23(13-21)46-22-10-8-20(9-11-22)24-14-32-26(37-24)16-34-28(40)17-35-30(42)44-2/h5-11,13-15,27,33,38H,4,12,16-19H2,1-3H3,(H,32,37)(H,34,40)(H,35,42)(H,36,43). The Bertz CT molecular complexity index is 1540. The highest BCUT2D eigenvalue weighted by molar-refractivity contribution is 5.82. The summed E-state index contributed by atoms with van der Waals surface area (Å²) in [6.45, 7) is 2.78. The van der Waals surface area contributed by atoms with E-state index in [1.54, 1.807) is 11.1 Å². The Morgan fingerprint density at radius 1 is 0.913 bits per heavy atom. The van der Waals surface area contributed by atoms with E-state index in [-0.39, 0.29) is 37.6 Å². The molecule has 0 saturated heterocycles. The quantitative estimate of drug-likeness (QED) is 0.154. The predicted octanol–water partition coefficient (Wildman–Crippen LogP) is 2.25. The first-order valence-corrected chi connectivity index (χ1v) is 14.6. The van der Waals surface area contributed by atoms with E-state index in [0.717, 1.165) is 28.9 Å². The molecule has 1 unspecified atom stereocenters. The van der Waals surface area contributed by atoms with E-state index in [0.29, 0.717) is 30.4 Å². The van der Waals surface area contributed by atoms with Crippen LogP contribution in [0.25, 0.3) is 17.0 Å². The highest BCUT2D eigenvalue weighted by Crippen LogP contribution is 2.27. The van der Waals surface area contributed by atoms with Crippen molar-refractivity contribution >= 4 is 29.7 Å². The van der Waals surface area contributed by atoms with Gasteiger partial charge in [0.25, 0.3) is 0 Å². The van der Waals surface area contributed by atoms with Crippen molar-refractivity contribution in [1.29, 1.82) is 0 Å². The number of benzene rings is 2. The Kier molecular flexibility index (Phi) is 11.8. The SMILES string of the molecule is CCCN(CC1NC=C(c2cccc(Oc3ccc(-c4cnc(CNC(=O)CNC(=O)OC)[nH]4)cc3)c2)N1)C(=O)CNC(=O)OC. The number of imidazole rings is 1. The molecule has 0 fully saturated rings. The average molecular weight is 635 g/mol. The van der Waals surface area contributed by atoms with Crippen LogP contribution in [0.4, 0.5) is 9.59 Å². The van der Waals surface area contributed by atoms with Gasteiger partial charge < -0.3 is 50.7 Å². The molecule has 1 aliphatic rings. The number of carbonyl (C=O) groups excluding carboxylic acids is 4. The Balaban J connectivity index is 1.28. The summed E-state index contributed by atoms with van der Waals surface area (Å²) in [5, 5.41) is 14.1. The number of carbonyl (C=O) groups is 4. The second-order valence-corrected chi connectivity index (χ2v) is 10.1. The van der Waals surface area contributed by atoms with Crippen LogP contribution in [0.1, 0.15) is 24.7 Å². The van der Waals surface area contributed by atoms with Crippen molar-refractivity contribution in [3.63, 3.8) is 0 Å². The molecule has 15 heteroatoms. The molecule has 244 valence electrons. The fourth-order valence-electron chi connectivity index (χ4n) is 4.49. The van der Waals surface area contributed by atoms with E-state index in [2.05, 4.69) is 46.0 Å². The van der Waals surface area contributed by atoms with Crippen molar-refractivity contribution in [2.45, 2.75) is 26.1 Å². The Morgan fingerprint density at radius 2 is 1.65 bits per heavy atom. The fourth-order valence-corrected chi connectivity index (χ4v) is 4.49. The number of hydrogen-bond donors (Lipinski definition) is 6. The first-order chi connectivity index (χ1) is 22.3. The summed E-state index contributed by atoms with van der Waals surface area (Å²) in [4.78, 5) is 56.1. The van der Waals surface area contributed by atoms with Gasteiger partial charge in [0.1, 0.15) is 36.6 Å². The molecule has 6 N–H and O–H groups in total. The lowest BCUT2D eigenvalue weighted by Gasteiger charge is -2.26. The van der Waals surface area contributed by atoms with Gasteiger partial charge in [-0.25, -0.2) is 14.6 Å². The molecule has 0 bridgehead atoms.